The third-order valence-corrected chi connectivity index (χ3v) is 5.72. The first-order chi connectivity index (χ1) is 9.45. The van der Waals surface area contributed by atoms with Gasteiger partial charge in [-0.25, -0.2) is 12.7 Å². The van der Waals surface area contributed by atoms with Crippen LogP contribution in [0.1, 0.15) is 25.7 Å². The first-order valence-corrected chi connectivity index (χ1v) is 8.29. The number of nitrogens with two attached hydrogens (primary N) is 1. The lowest BCUT2D eigenvalue weighted by atomic mass is 10.1. The maximum absolute atomic E-state index is 12.5. The van der Waals surface area contributed by atoms with Crippen molar-refractivity contribution < 1.29 is 13.2 Å². The van der Waals surface area contributed by atoms with Crippen molar-refractivity contribution in [1.29, 1.82) is 0 Å². The fourth-order valence-corrected chi connectivity index (χ4v) is 3.95. The van der Waals surface area contributed by atoms with Crippen LogP contribution in [-0.2, 0) is 10.0 Å². The smallest absolute Gasteiger partial charge is 0.242 e. The van der Waals surface area contributed by atoms with Crippen molar-refractivity contribution in [1.82, 2.24) is 4.31 Å². The van der Waals surface area contributed by atoms with Gasteiger partial charge in [-0.1, -0.05) is 12.8 Å². The van der Waals surface area contributed by atoms with Crippen LogP contribution in [0, 0.1) is 5.92 Å². The predicted octanol–water partition coefficient (Wildman–Crippen LogP) is 2.09. The van der Waals surface area contributed by atoms with Crippen molar-refractivity contribution in [3.8, 4) is 5.75 Å². The highest BCUT2D eigenvalue weighted by atomic mass is 32.2. The molecule has 5 nitrogen and oxygen atoms in total. The molecule has 1 aromatic carbocycles. The maximum atomic E-state index is 12.5. The number of nitrogen functional groups attached to an aromatic ring is 1. The summed E-state index contributed by atoms with van der Waals surface area (Å²) in [5, 5.41) is 0. The fraction of sp³-hybridized carbons (Fsp3) is 0.571. The standard InChI is InChI=1S/C14H22N2O3S/c1-16(10-11-5-3-4-6-11)20(17,18)12-7-8-13(15)14(9-12)19-2/h7-9,11H,3-6,10,15H2,1-2H3. The summed E-state index contributed by atoms with van der Waals surface area (Å²) in [6.07, 6.45) is 4.64. The summed E-state index contributed by atoms with van der Waals surface area (Å²) in [6, 6.07) is 4.57. The first-order valence-electron chi connectivity index (χ1n) is 6.85. The average Bonchev–Trinajstić information content (AvgIpc) is 2.91. The summed E-state index contributed by atoms with van der Waals surface area (Å²) in [5.74, 6) is 0.866. The zero-order valence-electron chi connectivity index (χ0n) is 12.0. The molecule has 0 bridgehead atoms. The molecule has 6 heteroatoms. The summed E-state index contributed by atoms with van der Waals surface area (Å²) in [7, 11) is -0.366. The Bertz CT molecular complexity index is 566. The Labute approximate surface area is 120 Å². The van der Waals surface area contributed by atoms with Gasteiger partial charge in [-0.15, -0.1) is 0 Å². The summed E-state index contributed by atoms with van der Waals surface area (Å²) in [5.41, 5.74) is 6.15. The van der Waals surface area contributed by atoms with Gasteiger partial charge in [-0.05, 0) is 30.9 Å². The summed E-state index contributed by atoms with van der Waals surface area (Å²) in [6.45, 7) is 0.578. The monoisotopic (exact) mass is 298 g/mol. The van der Waals surface area contributed by atoms with E-state index in [1.165, 1.54) is 36.4 Å². The lowest BCUT2D eigenvalue weighted by Crippen LogP contribution is -2.31. The molecule has 0 saturated heterocycles. The van der Waals surface area contributed by atoms with Crippen LogP contribution in [0.15, 0.2) is 23.1 Å². The molecular formula is C14H22N2O3S. The first kappa shape index (κ1) is 15.1. The van der Waals surface area contributed by atoms with Crippen LogP contribution in [0.2, 0.25) is 0 Å². The van der Waals surface area contributed by atoms with Crippen LogP contribution in [-0.4, -0.2) is 33.4 Å². The molecule has 2 N–H and O–H groups in total. The number of ether oxygens (including phenoxy) is 1. The number of anilines is 1. The van der Waals surface area contributed by atoms with Crippen LogP contribution in [0.25, 0.3) is 0 Å². The molecule has 0 amide bonds. The number of nitrogens with zero attached hydrogens (tertiary/aromatic N) is 1. The second kappa shape index (κ2) is 6.01. The Balaban J connectivity index is 2.20. The van der Waals surface area contributed by atoms with Gasteiger partial charge in [0.05, 0.1) is 17.7 Å². The summed E-state index contributed by atoms with van der Waals surface area (Å²) >= 11 is 0. The number of rotatable bonds is 5. The molecule has 1 aromatic rings. The second-order valence-corrected chi connectivity index (χ2v) is 7.38. The number of benzene rings is 1. The molecule has 0 radical (unpaired) electrons. The van der Waals surface area contributed by atoms with E-state index >= 15 is 0 Å². The molecule has 0 spiro atoms. The van der Waals surface area contributed by atoms with Gasteiger partial charge in [0.2, 0.25) is 10.0 Å². The normalized spacial score (nSPS) is 16.8. The molecule has 0 heterocycles. The van der Waals surface area contributed by atoms with Crippen LogP contribution in [0.5, 0.6) is 5.75 Å². The van der Waals surface area contributed by atoms with E-state index in [0.717, 1.165) is 12.8 Å². The molecule has 112 valence electrons. The van der Waals surface area contributed by atoms with Crippen molar-refractivity contribution in [3.05, 3.63) is 18.2 Å². The topological polar surface area (TPSA) is 72.6 Å². The molecule has 1 saturated carbocycles. The van der Waals surface area contributed by atoms with E-state index in [4.69, 9.17) is 10.5 Å². The fourth-order valence-electron chi connectivity index (χ4n) is 2.69. The van der Waals surface area contributed by atoms with Crippen molar-refractivity contribution >= 4 is 15.7 Å². The Hall–Kier alpha value is -1.27. The molecule has 0 aliphatic heterocycles. The van der Waals surface area contributed by atoms with Gasteiger partial charge in [-0.3, -0.25) is 0 Å². The highest BCUT2D eigenvalue weighted by Gasteiger charge is 2.26. The summed E-state index contributed by atoms with van der Waals surface area (Å²) in [4.78, 5) is 0.226. The average molecular weight is 298 g/mol. The number of hydrogen-bond donors (Lipinski definition) is 1. The molecule has 2 rings (SSSR count). The van der Waals surface area contributed by atoms with Crippen molar-refractivity contribution in [2.24, 2.45) is 5.92 Å². The summed E-state index contributed by atoms with van der Waals surface area (Å²) < 4.78 is 31.6. The lowest BCUT2D eigenvalue weighted by Gasteiger charge is -2.21. The molecule has 1 aliphatic carbocycles. The van der Waals surface area contributed by atoms with Crippen LogP contribution >= 0.6 is 0 Å². The zero-order valence-corrected chi connectivity index (χ0v) is 12.8. The van der Waals surface area contributed by atoms with Gasteiger partial charge in [0, 0.05) is 19.7 Å². The largest absolute Gasteiger partial charge is 0.495 e. The van der Waals surface area contributed by atoms with Gasteiger partial charge in [0.15, 0.2) is 0 Å². The highest BCUT2D eigenvalue weighted by Crippen LogP contribution is 2.29. The van der Waals surface area contributed by atoms with Crippen molar-refractivity contribution in [2.75, 3.05) is 26.4 Å². The highest BCUT2D eigenvalue weighted by molar-refractivity contribution is 7.89. The van der Waals surface area contributed by atoms with Gasteiger partial charge in [0.25, 0.3) is 0 Å². The predicted molar refractivity (Wildman–Crippen MR) is 79.2 cm³/mol. The number of methoxy groups -OCH3 is 1. The quantitative estimate of drug-likeness (QED) is 0.845. The minimum Gasteiger partial charge on any atom is -0.495 e. The molecule has 20 heavy (non-hydrogen) atoms. The molecule has 0 atom stereocenters. The van der Waals surface area contributed by atoms with Gasteiger partial charge in [0.1, 0.15) is 5.75 Å². The van der Waals surface area contributed by atoms with Crippen LogP contribution in [0.3, 0.4) is 0 Å². The minimum atomic E-state index is -3.48. The molecular weight excluding hydrogens is 276 g/mol. The van der Waals surface area contributed by atoms with Crippen molar-refractivity contribution in [2.45, 2.75) is 30.6 Å². The Morgan fingerprint density at radius 2 is 2.00 bits per heavy atom. The maximum Gasteiger partial charge on any atom is 0.242 e. The third kappa shape index (κ3) is 3.07. The van der Waals surface area contributed by atoms with E-state index in [-0.39, 0.29) is 4.90 Å². The van der Waals surface area contributed by atoms with Gasteiger partial charge in [-0.2, -0.15) is 0 Å². The van der Waals surface area contributed by atoms with Gasteiger partial charge < -0.3 is 10.5 Å². The lowest BCUT2D eigenvalue weighted by molar-refractivity contribution is 0.386. The third-order valence-electron chi connectivity index (χ3n) is 3.90. The Kier molecular flexibility index (Phi) is 4.55. The van der Waals surface area contributed by atoms with E-state index in [0.29, 0.717) is 23.9 Å². The van der Waals surface area contributed by atoms with E-state index in [2.05, 4.69) is 0 Å². The molecule has 0 unspecified atom stereocenters. The van der Waals surface area contributed by atoms with E-state index in [9.17, 15) is 8.42 Å². The molecule has 0 aromatic heterocycles. The molecule has 1 aliphatic rings. The van der Waals surface area contributed by atoms with Crippen molar-refractivity contribution in [3.63, 3.8) is 0 Å². The minimum absolute atomic E-state index is 0.226. The second-order valence-electron chi connectivity index (χ2n) is 5.34. The Morgan fingerprint density at radius 1 is 1.35 bits per heavy atom. The van der Waals surface area contributed by atoms with Crippen LogP contribution < -0.4 is 10.5 Å². The number of hydrogen-bond acceptors (Lipinski definition) is 4. The SMILES string of the molecule is COc1cc(S(=O)(=O)N(C)CC2CCCC2)ccc1N. The zero-order chi connectivity index (χ0) is 14.8. The van der Waals surface area contributed by atoms with Crippen LogP contribution in [0.4, 0.5) is 5.69 Å². The van der Waals surface area contributed by atoms with E-state index < -0.39 is 10.0 Å². The Morgan fingerprint density at radius 3 is 2.60 bits per heavy atom. The molecule has 1 fully saturated rings. The number of sulfonamides is 1. The van der Waals surface area contributed by atoms with Gasteiger partial charge >= 0.3 is 0 Å². The van der Waals surface area contributed by atoms with E-state index in [1.807, 2.05) is 0 Å². The van der Waals surface area contributed by atoms with E-state index in [1.54, 1.807) is 13.1 Å².